The van der Waals surface area contributed by atoms with Crippen LogP contribution >= 0.6 is 0 Å². The number of hydrogen-bond donors (Lipinski definition) is 0. The summed E-state index contributed by atoms with van der Waals surface area (Å²) >= 11 is 0. The molecule has 1 rings (SSSR count). The Balaban J connectivity index is 2.66. The Morgan fingerprint density at radius 1 is 1.37 bits per heavy atom. The molecular weight excluding hydrogens is 246 g/mol. The molecule has 0 fully saturated rings. The van der Waals surface area contributed by atoms with Crippen LogP contribution in [-0.4, -0.2) is 42.7 Å². The first-order valence-corrected chi connectivity index (χ1v) is 6.47. The summed E-state index contributed by atoms with van der Waals surface area (Å²) in [6.45, 7) is 5.99. The van der Waals surface area contributed by atoms with Crippen LogP contribution in [0, 0.1) is 0 Å². The van der Waals surface area contributed by atoms with E-state index in [2.05, 4.69) is 14.7 Å². The van der Waals surface area contributed by atoms with E-state index in [1.165, 1.54) is 13.4 Å². The van der Waals surface area contributed by atoms with Gasteiger partial charge >= 0.3 is 5.97 Å². The summed E-state index contributed by atoms with van der Waals surface area (Å²) in [5, 5.41) is 0. The van der Waals surface area contributed by atoms with Gasteiger partial charge in [-0.05, 0) is 13.3 Å². The van der Waals surface area contributed by atoms with E-state index >= 15 is 0 Å². The molecule has 0 atom stereocenters. The van der Waals surface area contributed by atoms with E-state index in [4.69, 9.17) is 4.74 Å². The second kappa shape index (κ2) is 8.29. The summed E-state index contributed by atoms with van der Waals surface area (Å²) in [6, 6.07) is 1.79. The van der Waals surface area contributed by atoms with Crippen molar-refractivity contribution in [2.45, 2.75) is 26.7 Å². The molecule has 0 amide bonds. The van der Waals surface area contributed by atoms with Crippen LogP contribution in [-0.2, 0) is 9.53 Å². The van der Waals surface area contributed by atoms with Crippen molar-refractivity contribution in [1.82, 2.24) is 9.97 Å². The SMILES string of the molecule is CCCOc1cc(N(CC)CCC(=O)OC)ncn1. The van der Waals surface area contributed by atoms with Gasteiger partial charge in [0.25, 0.3) is 0 Å². The molecule has 0 aromatic carbocycles. The third kappa shape index (κ3) is 5.11. The first kappa shape index (κ1) is 15.2. The number of methoxy groups -OCH3 is 1. The van der Waals surface area contributed by atoms with Gasteiger partial charge in [0.1, 0.15) is 12.1 Å². The predicted octanol–water partition coefficient (Wildman–Crippen LogP) is 1.65. The molecule has 0 aliphatic rings. The molecule has 0 saturated heterocycles. The molecule has 0 aliphatic carbocycles. The lowest BCUT2D eigenvalue weighted by molar-refractivity contribution is -0.140. The van der Waals surface area contributed by atoms with E-state index in [1.807, 2.05) is 18.7 Å². The molecule has 19 heavy (non-hydrogen) atoms. The molecule has 6 heteroatoms. The van der Waals surface area contributed by atoms with Crippen LogP contribution in [0.5, 0.6) is 5.88 Å². The maximum absolute atomic E-state index is 11.2. The Morgan fingerprint density at radius 2 is 2.16 bits per heavy atom. The van der Waals surface area contributed by atoms with Crippen molar-refractivity contribution in [1.29, 1.82) is 0 Å². The van der Waals surface area contributed by atoms with Gasteiger partial charge in [-0.2, -0.15) is 0 Å². The number of carbonyl (C=O) groups is 1. The largest absolute Gasteiger partial charge is 0.478 e. The van der Waals surface area contributed by atoms with Crippen LogP contribution in [0.3, 0.4) is 0 Å². The minimum absolute atomic E-state index is 0.227. The molecule has 0 unspecified atom stereocenters. The maximum atomic E-state index is 11.2. The number of ether oxygens (including phenoxy) is 2. The molecule has 0 saturated carbocycles. The van der Waals surface area contributed by atoms with E-state index in [1.54, 1.807) is 6.07 Å². The Kier molecular flexibility index (Phi) is 6.63. The molecule has 1 heterocycles. The summed E-state index contributed by atoms with van der Waals surface area (Å²) in [5.74, 6) is 1.09. The number of nitrogens with zero attached hydrogens (tertiary/aromatic N) is 3. The van der Waals surface area contributed by atoms with Gasteiger partial charge in [0.2, 0.25) is 5.88 Å². The van der Waals surface area contributed by atoms with Crippen molar-refractivity contribution in [2.24, 2.45) is 0 Å². The minimum Gasteiger partial charge on any atom is -0.478 e. The first-order chi connectivity index (χ1) is 9.21. The molecule has 0 N–H and O–H groups in total. The standard InChI is InChI=1S/C13H21N3O3/c1-4-8-19-12-9-11(14-10-15-12)16(5-2)7-6-13(17)18-3/h9-10H,4-8H2,1-3H3. The molecule has 0 radical (unpaired) electrons. The van der Waals surface area contributed by atoms with E-state index in [9.17, 15) is 4.79 Å². The number of hydrogen-bond acceptors (Lipinski definition) is 6. The zero-order chi connectivity index (χ0) is 14.1. The van der Waals surface area contributed by atoms with Crippen molar-refractivity contribution < 1.29 is 14.3 Å². The Hall–Kier alpha value is -1.85. The average Bonchev–Trinajstić information content (AvgIpc) is 2.46. The fourth-order valence-electron chi connectivity index (χ4n) is 1.55. The molecule has 106 valence electrons. The van der Waals surface area contributed by atoms with E-state index in [-0.39, 0.29) is 5.97 Å². The van der Waals surface area contributed by atoms with E-state index < -0.39 is 0 Å². The third-order valence-electron chi connectivity index (χ3n) is 2.60. The lowest BCUT2D eigenvalue weighted by Crippen LogP contribution is -2.27. The summed E-state index contributed by atoms with van der Waals surface area (Å²) in [7, 11) is 1.39. The smallest absolute Gasteiger partial charge is 0.307 e. The number of rotatable bonds is 8. The molecule has 0 spiro atoms. The van der Waals surface area contributed by atoms with Crippen LogP contribution in [0.4, 0.5) is 5.82 Å². The van der Waals surface area contributed by atoms with Gasteiger partial charge in [-0.1, -0.05) is 6.92 Å². The predicted molar refractivity (Wildman–Crippen MR) is 72.3 cm³/mol. The molecular formula is C13H21N3O3. The Bertz CT molecular complexity index is 398. The lowest BCUT2D eigenvalue weighted by Gasteiger charge is -2.21. The molecule has 6 nitrogen and oxygen atoms in total. The van der Waals surface area contributed by atoms with Gasteiger partial charge < -0.3 is 14.4 Å². The molecule has 1 aromatic heterocycles. The molecule has 1 aromatic rings. The third-order valence-corrected chi connectivity index (χ3v) is 2.60. The lowest BCUT2D eigenvalue weighted by atomic mass is 10.3. The summed E-state index contributed by atoms with van der Waals surface area (Å²) in [5.41, 5.74) is 0. The van der Waals surface area contributed by atoms with Gasteiger partial charge in [0, 0.05) is 19.2 Å². The minimum atomic E-state index is -0.227. The average molecular weight is 267 g/mol. The zero-order valence-corrected chi connectivity index (χ0v) is 11.8. The quantitative estimate of drug-likeness (QED) is 0.667. The van der Waals surface area contributed by atoms with Gasteiger partial charge in [-0.3, -0.25) is 4.79 Å². The summed E-state index contributed by atoms with van der Waals surface area (Å²) < 4.78 is 10.1. The molecule has 0 aliphatic heterocycles. The van der Waals surface area contributed by atoms with Crippen LogP contribution in [0.15, 0.2) is 12.4 Å². The topological polar surface area (TPSA) is 64.5 Å². The van der Waals surface area contributed by atoms with Crippen molar-refractivity contribution in [3.63, 3.8) is 0 Å². The van der Waals surface area contributed by atoms with Gasteiger partial charge in [-0.25, -0.2) is 9.97 Å². The van der Waals surface area contributed by atoms with Crippen LogP contribution in [0.1, 0.15) is 26.7 Å². The second-order valence-corrected chi connectivity index (χ2v) is 3.97. The number of esters is 1. The van der Waals surface area contributed by atoms with Crippen molar-refractivity contribution in [3.8, 4) is 5.88 Å². The Labute approximate surface area is 113 Å². The van der Waals surface area contributed by atoms with Gasteiger partial charge in [0.05, 0.1) is 20.1 Å². The van der Waals surface area contributed by atoms with E-state index in [0.717, 1.165) is 18.8 Å². The number of aromatic nitrogens is 2. The highest BCUT2D eigenvalue weighted by atomic mass is 16.5. The van der Waals surface area contributed by atoms with Crippen LogP contribution in [0.2, 0.25) is 0 Å². The van der Waals surface area contributed by atoms with Crippen molar-refractivity contribution in [2.75, 3.05) is 31.7 Å². The highest BCUT2D eigenvalue weighted by Crippen LogP contribution is 2.16. The van der Waals surface area contributed by atoms with Crippen LogP contribution in [0.25, 0.3) is 0 Å². The zero-order valence-electron chi connectivity index (χ0n) is 11.8. The maximum Gasteiger partial charge on any atom is 0.307 e. The van der Waals surface area contributed by atoms with Crippen LogP contribution < -0.4 is 9.64 Å². The summed E-state index contributed by atoms with van der Waals surface area (Å²) in [4.78, 5) is 21.4. The van der Waals surface area contributed by atoms with Gasteiger partial charge in [-0.15, -0.1) is 0 Å². The van der Waals surface area contributed by atoms with Crippen molar-refractivity contribution in [3.05, 3.63) is 12.4 Å². The fourth-order valence-corrected chi connectivity index (χ4v) is 1.55. The first-order valence-electron chi connectivity index (χ1n) is 6.47. The molecule has 0 bridgehead atoms. The fraction of sp³-hybridized carbons (Fsp3) is 0.615. The van der Waals surface area contributed by atoms with Crippen molar-refractivity contribution >= 4 is 11.8 Å². The second-order valence-electron chi connectivity index (χ2n) is 3.97. The highest BCUT2D eigenvalue weighted by molar-refractivity contribution is 5.69. The Morgan fingerprint density at radius 3 is 2.79 bits per heavy atom. The normalized spacial score (nSPS) is 10.1. The summed E-state index contributed by atoms with van der Waals surface area (Å²) in [6.07, 6.45) is 2.74. The highest BCUT2D eigenvalue weighted by Gasteiger charge is 2.10. The van der Waals surface area contributed by atoms with E-state index in [0.29, 0.717) is 25.5 Å². The monoisotopic (exact) mass is 267 g/mol. The number of carbonyl (C=O) groups excluding carboxylic acids is 1. The van der Waals surface area contributed by atoms with Gasteiger partial charge in [0.15, 0.2) is 0 Å². The number of anilines is 1.